The summed E-state index contributed by atoms with van der Waals surface area (Å²) in [4.78, 5) is 31.8. The largest absolute Gasteiger partial charge is 0.371 e. The first-order valence-electron chi connectivity index (χ1n) is 9.68. The summed E-state index contributed by atoms with van der Waals surface area (Å²) in [5, 5.41) is 3.48. The first kappa shape index (κ1) is 18.2. The van der Waals surface area contributed by atoms with Crippen molar-refractivity contribution in [3.63, 3.8) is 0 Å². The van der Waals surface area contributed by atoms with Crippen LogP contribution in [0.5, 0.6) is 0 Å². The number of nitrogens with one attached hydrogen (secondary N) is 1. The smallest absolute Gasteiger partial charge is 0.261 e. The van der Waals surface area contributed by atoms with Gasteiger partial charge in [0.05, 0.1) is 17.2 Å². The Balaban J connectivity index is 1.47. The van der Waals surface area contributed by atoms with Gasteiger partial charge in [-0.15, -0.1) is 0 Å². The Labute approximate surface area is 163 Å². The lowest BCUT2D eigenvalue weighted by atomic mass is 10.1. The number of carbonyl (C=O) groups excluding carboxylic acids is 1. The Hall–Kier alpha value is -3.15. The summed E-state index contributed by atoms with van der Waals surface area (Å²) in [5.41, 5.74) is 3.72. The number of hydrogen-bond donors (Lipinski definition) is 1. The molecule has 0 atom stereocenters. The van der Waals surface area contributed by atoms with E-state index >= 15 is 0 Å². The summed E-state index contributed by atoms with van der Waals surface area (Å²) >= 11 is 0. The Morgan fingerprint density at radius 3 is 2.71 bits per heavy atom. The molecule has 6 heteroatoms. The van der Waals surface area contributed by atoms with Crippen molar-refractivity contribution in [2.75, 3.05) is 18.0 Å². The molecule has 0 radical (unpaired) electrons. The molecule has 0 spiro atoms. The third-order valence-electron chi connectivity index (χ3n) is 5.28. The van der Waals surface area contributed by atoms with Gasteiger partial charge in [-0.25, -0.2) is 4.98 Å². The third-order valence-corrected chi connectivity index (χ3v) is 5.28. The molecule has 1 aromatic heterocycles. The number of aromatic nitrogens is 2. The standard InChI is InChI=1S/C22H24N4O2/c1-16-7-6-9-18-21(16)24-15-26(22(18)28)14-20(27)23-13-17-8-2-3-10-19(17)25-11-4-5-12-25/h2-3,6-10,15H,4-5,11-14H2,1H3,(H,23,27). The van der Waals surface area contributed by atoms with Crippen molar-refractivity contribution in [1.82, 2.24) is 14.9 Å². The van der Waals surface area contributed by atoms with Crippen molar-refractivity contribution < 1.29 is 4.79 Å². The van der Waals surface area contributed by atoms with E-state index in [1.807, 2.05) is 37.3 Å². The molecule has 4 rings (SSSR count). The lowest BCUT2D eigenvalue weighted by molar-refractivity contribution is -0.121. The highest BCUT2D eigenvalue weighted by Gasteiger charge is 2.16. The Kier molecular flexibility index (Phi) is 5.10. The number of aryl methyl sites for hydroxylation is 1. The second-order valence-corrected chi connectivity index (χ2v) is 7.25. The van der Waals surface area contributed by atoms with Crippen LogP contribution in [0.15, 0.2) is 53.6 Å². The summed E-state index contributed by atoms with van der Waals surface area (Å²) in [6, 6.07) is 13.7. The molecule has 1 fully saturated rings. The predicted octanol–water partition coefficient (Wildman–Crippen LogP) is 2.62. The van der Waals surface area contributed by atoms with E-state index in [1.165, 1.54) is 29.4 Å². The zero-order chi connectivity index (χ0) is 19.5. The number of rotatable bonds is 5. The molecule has 144 valence electrons. The van der Waals surface area contributed by atoms with Gasteiger partial charge in [-0.2, -0.15) is 0 Å². The van der Waals surface area contributed by atoms with E-state index in [4.69, 9.17) is 0 Å². The molecule has 6 nitrogen and oxygen atoms in total. The van der Waals surface area contributed by atoms with Crippen molar-refractivity contribution in [2.24, 2.45) is 0 Å². The van der Waals surface area contributed by atoms with Crippen LogP contribution in [-0.4, -0.2) is 28.5 Å². The zero-order valence-corrected chi connectivity index (χ0v) is 16.0. The van der Waals surface area contributed by atoms with Gasteiger partial charge >= 0.3 is 0 Å². The van der Waals surface area contributed by atoms with E-state index in [0.29, 0.717) is 17.4 Å². The number of benzene rings is 2. The van der Waals surface area contributed by atoms with Gasteiger partial charge in [0.2, 0.25) is 5.91 Å². The molecule has 1 aliphatic heterocycles. The molecule has 2 aromatic carbocycles. The molecule has 1 aliphatic rings. The molecule has 0 saturated carbocycles. The Morgan fingerprint density at radius 2 is 1.89 bits per heavy atom. The van der Waals surface area contributed by atoms with Gasteiger partial charge in [0, 0.05) is 25.3 Å². The molecule has 1 saturated heterocycles. The average Bonchev–Trinajstić information content (AvgIpc) is 3.24. The quantitative estimate of drug-likeness (QED) is 0.743. The molecule has 2 heterocycles. The Bertz CT molecular complexity index is 1070. The summed E-state index contributed by atoms with van der Waals surface area (Å²) < 4.78 is 1.36. The highest BCUT2D eigenvalue weighted by atomic mass is 16.2. The van der Waals surface area contributed by atoms with Crippen LogP contribution in [0.1, 0.15) is 24.0 Å². The molecular formula is C22H24N4O2. The number of para-hydroxylation sites is 2. The van der Waals surface area contributed by atoms with E-state index in [0.717, 1.165) is 24.2 Å². The minimum Gasteiger partial charge on any atom is -0.371 e. The van der Waals surface area contributed by atoms with Gasteiger partial charge in [0.15, 0.2) is 0 Å². The van der Waals surface area contributed by atoms with Crippen molar-refractivity contribution in [2.45, 2.75) is 32.9 Å². The molecule has 0 unspecified atom stereocenters. The van der Waals surface area contributed by atoms with Crippen molar-refractivity contribution in [1.29, 1.82) is 0 Å². The molecular weight excluding hydrogens is 352 g/mol. The number of carbonyl (C=O) groups is 1. The first-order valence-corrected chi connectivity index (χ1v) is 9.68. The van der Waals surface area contributed by atoms with E-state index < -0.39 is 0 Å². The maximum absolute atomic E-state index is 12.7. The first-order chi connectivity index (χ1) is 13.6. The van der Waals surface area contributed by atoms with Crippen molar-refractivity contribution >= 4 is 22.5 Å². The van der Waals surface area contributed by atoms with Crippen LogP contribution < -0.4 is 15.8 Å². The van der Waals surface area contributed by atoms with Gasteiger partial charge < -0.3 is 10.2 Å². The average molecular weight is 376 g/mol. The number of fused-ring (bicyclic) bond motifs is 1. The monoisotopic (exact) mass is 376 g/mol. The zero-order valence-electron chi connectivity index (χ0n) is 16.0. The third kappa shape index (κ3) is 3.63. The fourth-order valence-electron chi connectivity index (χ4n) is 3.78. The number of anilines is 1. The molecule has 1 amide bonds. The van der Waals surface area contributed by atoms with Gasteiger partial charge in [-0.1, -0.05) is 30.3 Å². The minimum absolute atomic E-state index is 0.0401. The second-order valence-electron chi connectivity index (χ2n) is 7.25. The molecule has 28 heavy (non-hydrogen) atoms. The Morgan fingerprint density at radius 1 is 1.11 bits per heavy atom. The van der Waals surface area contributed by atoms with Crippen LogP contribution in [0.2, 0.25) is 0 Å². The molecule has 3 aromatic rings. The highest BCUT2D eigenvalue weighted by molar-refractivity contribution is 5.81. The number of nitrogens with zero attached hydrogens (tertiary/aromatic N) is 3. The van der Waals surface area contributed by atoms with Crippen LogP contribution in [0.4, 0.5) is 5.69 Å². The van der Waals surface area contributed by atoms with Crippen LogP contribution in [0.25, 0.3) is 10.9 Å². The fraction of sp³-hybridized carbons (Fsp3) is 0.318. The fourth-order valence-corrected chi connectivity index (χ4v) is 3.78. The van der Waals surface area contributed by atoms with E-state index in [1.54, 1.807) is 6.07 Å². The second kappa shape index (κ2) is 7.84. The summed E-state index contributed by atoms with van der Waals surface area (Å²) in [6.07, 6.45) is 3.87. The van der Waals surface area contributed by atoms with E-state index in [9.17, 15) is 9.59 Å². The van der Waals surface area contributed by atoms with Crippen LogP contribution in [0, 0.1) is 6.92 Å². The predicted molar refractivity (Wildman–Crippen MR) is 110 cm³/mol. The van der Waals surface area contributed by atoms with Crippen molar-refractivity contribution in [3.05, 3.63) is 70.3 Å². The molecule has 0 aliphatic carbocycles. The van der Waals surface area contributed by atoms with Crippen LogP contribution in [-0.2, 0) is 17.9 Å². The highest BCUT2D eigenvalue weighted by Crippen LogP contribution is 2.24. The van der Waals surface area contributed by atoms with Gasteiger partial charge in [-0.3, -0.25) is 14.2 Å². The lowest BCUT2D eigenvalue weighted by Crippen LogP contribution is -2.32. The SMILES string of the molecule is Cc1cccc2c(=O)n(CC(=O)NCc3ccccc3N3CCCC3)cnc12. The lowest BCUT2D eigenvalue weighted by Gasteiger charge is -2.21. The van der Waals surface area contributed by atoms with Gasteiger partial charge in [0.1, 0.15) is 6.54 Å². The van der Waals surface area contributed by atoms with Gasteiger partial charge in [-0.05, 0) is 43.0 Å². The topological polar surface area (TPSA) is 67.2 Å². The number of hydrogen-bond acceptors (Lipinski definition) is 4. The number of amides is 1. The van der Waals surface area contributed by atoms with E-state index in [-0.39, 0.29) is 18.0 Å². The van der Waals surface area contributed by atoms with Crippen molar-refractivity contribution in [3.8, 4) is 0 Å². The summed E-state index contributed by atoms with van der Waals surface area (Å²) in [6.45, 7) is 4.44. The summed E-state index contributed by atoms with van der Waals surface area (Å²) in [5.74, 6) is -0.202. The maximum atomic E-state index is 12.7. The summed E-state index contributed by atoms with van der Waals surface area (Å²) in [7, 11) is 0. The van der Waals surface area contributed by atoms with Crippen LogP contribution in [0.3, 0.4) is 0 Å². The normalized spacial score (nSPS) is 13.8. The maximum Gasteiger partial charge on any atom is 0.261 e. The van der Waals surface area contributed by atoms with Gasteiger partial charge in [0.25, 0.3) is 5.56 Å². The van der Waals surface area contributed by atoms with E-state index in [2.05, 4.69) is 21.3 Å². The molecule has 1 N–H and O–H groups in total. The van der Waals surface area contributed by atoms with Crippen LogP contribution >= 0.6 is 0 Å². The minimum atomic E-state index is -0.202. The molecule has 0 bridgehead atoms.